The lowest BCUT2D eigenvalue weighted by Crippen LogP contribution is -2.17. The molecule has 0 aliphatic heterocycles. The molecule has 0 unspecified atom stereocenters. The summed E-state index contributed by atoms with van der Waals surface area (Å²) in [5, 5.41) is 0. The summed E-state index contributed by atoms with van der Waals surface area (Å²) >= 11 is 0. The van der Waals surface area contributed by atoms with Gasteiger partial charge < -0.3 is 4.74 Å². The van der Waals surface area contributed by atoms with E-state index in [0.717, 1.165) is 23.1 Å². The van der Waals surface area contributed by atoms with E-state index in [1.54, 1.807) is 12.1 Å². The smallest absolute Gasteiger partial charge is 0.406 e. The number of halogens is 3. The summed E-state index contributed by atoms with van der Waals surface area (Å²) in [6, 6.07) is 13.9. The molecule has 118 valence electrons. The molecule has 0 atom stereocenters. The summed E-state index contributed by atoms with van der Waals surface area (Å²) in [5.74, 6) is -0.199. The number of rotatable bonds is 3. The number of alkyl halides is 3. The Morgan fingerprint density at radius 1 is 0.909 bits per heavy atom. The molecule has 0 aliphatic rings. The van der Waals surface area contributed by atoms with Gasteiger partial charge in [-0.3, -0.25) is 0 Å². The first kappa shape index (κ1) is 16.4. The van der Waals surface area contributed by atoms with Crippen molar-refractivity contribution in [3.8, 4) is 16.9 Å². The van der Waals surface area contributed by atoms with Crippen molar-refractivity contribution in [3.63, 3.8) is 0 Å². The largest absolute Gasteiger partial charge is 0.573 e. The quantitative estimate of drug-likeness (QED) is 0.692. The molecule has 2 aromatic carbocycles. The lowest BCUT2D eigenvalue weighted by molar-refractivity contribution is -0.274. The van der Waals surface area contributed by atoms with Crippen molar-refractivity contribution in [3.05, 3.63) is 54.1 Å². The van der Waals surface area contributed by atoms with Gasteiger partial charge in [-0.15, -0.1) is 13.2 Å². The molecule has 0 spiro atoms. The molecule has 22 heavy (non-hydrogen) atoms. The third-order valence-corrected chi connectivity index (χ3v) is 3.12. The van der Waals surface area contributed by atoms with Crippen molar-refractivity contribution >= 4 is 0 Å². The van der Waals surface area contributed by atoms with Gasteiger partial charge in [0.1, 0.15) is 5.75 Å². The number of hydrogen-bond donors (Lipinski definition) is 0. The maximum Gasteiger partial charge on any atom is 0.573 e. The van der Waals surface area contributed by atoms with Crippen molar-refractivity contribution in [2.45, 2.75) is 33.6 Å². The van der Waals surface area contributed by atoms with E-state index in [1.165, 1.54) is 12.1 Å². The molecule has 2 rings (SSSR count). The SMILES string of the molecule is CC(C)(C)Cc1ccccc1-c1cccc(OC(F)(F)F)c1. The summed E-state index contributed by atoms with van der Waals surface area (Å²) in [4.78, 5) is 0. The molecule has 0 fully saturated rings. The second-order valence-corrected chi connectivity index (χ2v) is 6.47. The summed E-state index contributed by atoms with van der Waals surface area (Å²) < 4.78 is 41.1. The molecule has 0 aromatic heterocycles. The van der Waals surface area contributed by atoms with Crippen molar-refractivity contribution in [2.24, 2.45) is 5.41 Å². The van der Waals surface area contributed by atoms with E-state index in [0.29, 0.717) is 0 Å². The Balaban J connectivity index is 2.38. The fourth-order valence-corrected chi connectivity index (χ4v) is 2.39. The van der Waals surface area contributed by atoms with Gasteiger partial charge in [-0.2, -0.15) is 0 Å². The zero-order valence-electron chi connectivity index (χ0n) is 12.9. The minimum absolute atomic E-state index is 0.0934. The fraction of sp³-hybridized carbons (Fsp3) is 0.333. The normalized spacial score (nSPS) is 12.3. The van der Waals surface area contributed by atoms with E-state index in [9.17, 15) is 13.2 Å². The average molecular weight is 308 g/mol. The van der Waals surface area contributed by atoms with Crippen molar-refractivity contribution in [1.29, 1.82) is 0 Å². The molecule has 0 N–H and O–H groups in total. The third-order valence-electron chi connectivity index (χ3n) is 3.12. The Bertz CT molecular complexity index is 639. The summed E-state index contributed by atoms with van der Waals surface area (Å²) in [7, 11) is 0. The van der Waals surface area contributed by atoms with Crippen LogP contribution >= 0.6 is 0 Å². The Morgan fingerprint density at radius 2 is 1.59 bits per heavy atom. The number of benzene rings is 2. The predicted molar refractivity (Wildman–Crippen MR) is 81.7 cm³/mol. The van der Waals surface area contributed by atoms with Gasteiger partial charge in [0.25, 0.3) is 0 Å². The van der Waals surface area contributed by atoms with Crippen LogP contribution in [0.25, 0.3) is 11.1 Å². The van der Waals surface area contributed by atoms with Gasteiger partial charge in [-0.05, 0) is 40.7 Å². The van der Waals surface area contributed by atoms with Gasteiger partial charge in [0.05, 0.1) is 0 Å². The maximum atomic E-state index is 12.4. The first-order valence-electron chi connectivity index (χ1n) is 7.08. The molecule has 0 aliphatic carbocycles. The molecule has 0 heterocycles. The van der Waals surface area contributed by atoms with E-state index in [-0.39, 0.29) is 11.2 Å². The topological polar surface area (TPSA) is 9.23 Å². The zero-order chi connectivity index (χ0) is 16.4. The van der Waals surface area contributed by atoms with Gasteiger partial charge in [0.2, 0.25) is 0 Å². The molecule has 0 saturated carbocycles. The molecule has 2 aromatic rings. The minimum Gasteiger partial charge on any atom is -0.406 e. The van der Waals surface area contributed by atoms with Crippen LogP contribution in [0.1, 0.15) is 26.3 Å². The van der Waals surface area contributed by atoms with E-state index < -0.39 is 6.36 Å². The lowest BCUT2D eigenvalue weighted by atomic mass is 9.85. The van der Waals surface area contributed by atoms with Crippen LogP contribution in [0.15, 0.2) is 48.5 Å². The first-order chi connectivity index (χ1) is 10.1. The molecular formula is C18H19F3O. The van der Waals surface area contributed by atoms with E-state index in [1.807, 2.05) is 24.3 Å². The third kappa shape index (κ3) is 4.79. The highest BCUT2D eigenvalue weighted by Crippen LogP contribution is 2.32. The van der Waals surface area contributed by atoms with Crippen LogP contribution < -0.4 is 4.74 Å². The summed E-state index contributed by atoms with van der Waals surface area (Å²) in [6.45, 7) is 6.40. The Morgan fingerprint density at radius 3 is 2.23 bits per heavy atom. The van der Waals surface area contributed by atoms with E-state index in [4.69, 9.17) is 0 Å². The Labute approximate surface area is 128 Å². The second kappa shape index (κ2) is 6.03. The van der Waals surface area contributed by atoms with Gasteiger partial charge in [0, 0.05) is 0 Å². The van der Waals surface area contributed by atoms with Crippen molar-refractivity contribution in [2.75, 3.05) is 0 Å². The Hall–Kier alpha value is -1.97. The predicted octanol–water partition coefficient (Wildman–Crippen LogP) is 5.84. The van der Waals surface area contributed by atoms with Gasteiger partial charge in [0.15, 0.2) is 0 Å². The number of ether oxygens (including phenoxy) is 1. The van der Waals surface area contributed by atoms with Crippen LogP contribution in [0.5, 0.6) is 5.75 Å². The molecule has 0 amide bonds. The monoisotopic (exact) mass is 308 g/mol. The van der Waals surface area contributed by atoms with Gasteiger partial charge in [-0.25, -0.2) is 0 Å². The van der Waals surface area contributed by atoms with Crippen molar-refractivity contribution < 1.29 is 17.9 Å². The molecule has 0 saturated heterocycles. The highest BCUT2D eigenvalue weighted by atomic mass is 19.4. The van der Waals surface area contributed by atoms with Crippen LogP contribution in [0.3, 0.4) is 0 Å². The summed E-state index contributed by atoms with van der Waals surface area (Å²) in [5.41, 5.74) is 2.86. The van der Waals surface area contributed by atoms with Gasteiger partial charge in [-0.1, -0.05) is 57.2 Å². The Kier molecular flexibility index (Phi) is 4.50. The first-order valence-corrected chi connectivity index (χ1v) is 7.08. The lowest BCUT2D eigenvalue weighted by Gasteiger charge is -2.20. The second-order valence-electron chi connectivity index (χ2n) is 6.47. The molecule has 1 nitrogen and oxygen atoms in total. The molecule has 0 bridgehead atoms. The van der Waals surface area contributed by atoms with Gasteiger partial charge >= 0.3 is 6.36 Å². The van der Waals surface area contributed by atoms with E-state index in [2.05, 4.69) is 25.5 Å². The molecular weight excluding hydrogens is 289 g/mol. The van der Waals surface area contributed by atoms with Crippen molar-refractivity contribution in [1.82, 2.24) is 0 Å². The van der Waals surface area contributed by atoms with Crippen LogP contribution in [-0.2, 0) is 6.42 Å². The standard InChI is InChI=1S/C18H19F3O/c1-17(2,3)12-14-7-4-5-10-16(14)13-8-6-9-15(11-13)22-18(19,20)21/h4-11H,12H2,1-3H3. The highest BCUT2D eigenvalue weighted by Gasteiger charge is 2.31. The maximum absolute atomic E-state index is 12.4. The zero-order valence-corrected chi connectivity index (χ0v) is 12.9. The fourth-order valence-electron chi connectivity index (χ4n) is 2.39. The van der Waals surface area contributed by atoms with Crippen LogP contribution in [0, 0.1) is 5.41 Å². The van der Waals surface area contributed by atoms with Crippen LogP contribution in [-0.4, -0.2) is 6.36 Å². The van der Waals surface area contributed by atoms with E-state index >= 15 is 0 Å². The van der Waals surface area contributed by atoms with Crippen LogP contribution in [0.2, 0.25) is 0 Å². The van der Waals surface area contributed by atoms with Crippen LogP contribution in [0.4, 0.5) is 13.2 Å². The highest BCUT2D eigenvalue weighted by molar-refractivity contribution is 5.68. The number of hydrogen-bond acceptors (Lipinski definition) is 1. The molecule has 4 heteroatoms. The average Bonchev–Trinajstić information content (AvgIpc) is 2.35. The minimum atomic E-state index is -4.68. The molecule has 0 radical (unpaired) electrons. The summed E-state index contributed by atoms with van der Waals surface area (Å²) in [6.07, 6.45) is -3.84.